The maximum atomic E-state index is 5.96. The summed E-state index contributed by atoms with van der Waals surface area (Å²) in [4.78, 5) is 4.97. The number of methoxy groups -OCH3 is 1. The van der Waals surface area contributed by atoms with E-state index >= 15 is 0 Å². The second kappa shape index (κ2) is 11.8. The molecule has 186 valence electrons. The molecule has 2 heterocycles. The zero-order valence-corrected chi connectivity index (χ0v) is 20.8. The average molecular weight is 484 g/mol. The normalized spacial score (nSPS) is 14.1. The summed E-state index contributed by atoms with van der Waals surface area (Å²) < 4.78 is 17.1. The minimum absolute atomic E-state index is 0.786. The van der Waals surface area contributed by atoms with Crippen LogP contribution in [0.4, 0.5) is 5.69 Å². The first-order valence-corrected chi connectivity index (χ1v) is 12.7. The fourth-order valence-electron chi connectivity index (χ4n) is 4.65. The summed E-state index contributed by atoms with van der Waals surface area (Å²) in [5.74, 6) is 3.49. The number of para-hydroxylation sites is 3. The third kappa shape index (κ3) is 6.07. The molecule has 6 nitrogen and oxygen atoms in total. The zero-order valence-electron chi connectivity index (χ0n) is 20.8. The standard InChI is InChI=1S/C30H33N3O3/c1-34-30-16-6-5-15-29(30)33-20-18-32(19-21-33)17-8-7-13-27-23-28(31-36-27)24-10-9-14-26(22-24)35-25-11-3-2-4-12-25/h2-6,9-12,14-16,22-23H,7-8,13,17-21H2,1H3. The molecule has 0 aliphatic carbocycles. The summed E-state index contributed by atoms with van der Waals surface area (Å²) in [5, 5.41) is 4.30. The molecule has 0 saturated carbocycles. The van der Waals surface area contributed by atoms with Gasteiger partial charge in [-0.2, -0.15) is 0 Å². The Balaban J connectivity index is 1.06. The van der Waals surface area contributed by atoms with E-state index < -0.39 is 0 Å². The van der Waals surface area contributed by atoms with Gasteiger partial charge in [0, 0.05) is 44.2 Å². The predicted octanol–water partition coefficient (Wildman–Crippen LogP) is 6.29. The van der Waals surface area contributed by atoms with Crippen molar-refractivity contribution in [2.45, 2.75) is 19.3 Å². The molecular formula is C30H33N3O3. The highest BCUT2D eigenvalue weighted by Crippen LogP contribution is 2.29. The summed E-state index contributed by atoms with van der Waals surface area (Å²) >= 11 is 0. The van der Waals surface area contributed by atoms with Crippen molar-refractivity contribution in [1.29, 1.82) is 0 Å². The summed E-state index contributed by atoms with van der Waals surface area (Å²) in [6, 6.07) is 28.1. The predicted molar refractivity (Wildman–Crippen MR) is 143 cm³/mol. The van der Waals surface area contributed by atoms with Gasteiger partial charge < -0.3 is 18.9 Å². The molecule has 0 amide bonds. The monoisotopic (exact) mass is 483 g/mol. The van der Waals surface area contributed by atoms with Gasteiger partial charge in [0.25, 0.3) is 0 Å². The zero-order chi connectivity index (χ0) is 24.6. The molecule has 3 aromatic carbocycles. The fraction of sp³-hybridized carbons (Fsp3) is 0.300. The lowest BCUT2D eigenvalue weighted by atomic mass is 10.1. The molecule has 1 fully saturated rings. The molecule has 0 N–H and O–H groups in total. The van der Waals surface area contributed by atoms with Crippen molar-refractivity contribution in [3.8, 4) is 28.5 Å². The Kier molecular flexibility index (Phi) is 7.83. The van der Waals surface area contributed by atoms with Gasteiger partial charge in [-0.25, -0.2) is 0 Å². The Morgan fingerprint density at radius 2 is 1.58 bits per heavy atom. The molecule has 0 atom stereocenters. The largest absolute Gasteiger partial charge is 0.495 e. The lowest BCUT2D eigenvalue weighted by Gasteiger charge is -2.36. The number of hydrogen-bond donors (Lipinski definition) is 0. The Morgan fingerprint density at radius 1 is 0.806 bits per heavy atom. The van der Waals surface area contributed by atoms with E-state index in [1.165, 1.54) is 5.69 Å². The molecular weight excluding hydrogens is 450 g/mol. The molecule has 0 radical (unpaired) electrons. The lowest BCUT2D eigenvalue weighted by molar-refractivity contribution is 0.251. The second-order valence-electron chi connectivity index (χ2n) is 9.08. The summed E-state index contributed by atoms with van der Waals surface area (Å²) in [6.07, 6.45) is 3.12. The van der Waals surface area contributed by atoms with Crippen molar-refractivity contribution in [2.75, 3.05) is 44.7 Å². The Hall–Kier alpha value is -3.77. The van der Waals surface area contributed by atoms with Gasteiger partial charge in [-0.3, -0.25) is 4.90 Å². The molecule has 4 aromatic rings. The molecule has 1 aromatic heterocycles. The number of unbranched alkanes of at least 4 members (excludes halogenated alkanes) is 1. The maximum absolute atomic E-state index is 5.96. The number of piperazine rings is 1. The summed E-state index contributed by atoms with van der Waals surface area (Å²) in [7, 11) is 1.74. The van der Waals surface area contributed by atoms with Gasteiger partial charge >= 0.3 is 0 Å². The summed E-state index contributed by atoms with van der Waals surface area (Å²) in [5.41, 5.74) is 3.03. The highest BCUT2D eigenvalue weighted by molar-refractivity contribution is 5.61. The van der Waals surface area contributed by atoms with E-state index in [1.54, 1.807) is 7.11 Å². The van der Waals surface area contributed by atoms with Crippen LogP contribution in [0.5, 0.6) is 17.2 Å². The van der Waals surface area contributed by atoms with Crippen LogP contribution in [-0.2, 0) is 6.42 Å². The first kappa shape index (κ1) is 23.9. The maximum Gasteiger partial charge on any atom is 0.142 e. The number of aromatic nitrogens is 1. The van der Waals surface area contributed by atoms with Crippen LogP contribution < -0.4 is 14.4 Å². The van der Waals surface area contributed by atoms with Gasteiger partial charge in [0.2, 0.25) is 0 Å². The van der Waals surface area contributed by atoms with E-state index in [-0.39, 0.29) is 0 Å². The molecule has 0 spiro atoms. The first-order valence-electron chi connectivity index (χ1n) is 12.7. The smallest absolute Gasteiger partial charge is 0.142 e. The van der Waals surface area contributed by atoms with Crippen molar-refractivity contribution >= 4 is 5.69 Å². The van der Waals surface area contributed by atoms with Gasteiger partial charge in [-0.05, 0) is 55.8 Å². The molecule has 1 aliphatic rings. The van der Waals surface area contributed by atoms with E-state index in [2.05, 4.69) is 27.1 Å². The minimum atomic E-state index is 0.786. The molecule has 1 saturated heterocycles. The second-order valence-corrected chi connectivity index (χ2v) is 9.08. The Bertz CT molecular complexity index is 1230. The van der Waals surface area contributed by atoms with Crippen LogP contribution in [0, 0.1) is 0 Å². The average Bonchev–Trinajstić information content (AvgIpc) is 3.41. The molecule has 36 heavy (non-hydrogen) atoms. The topological polar surface area (TPSA) is 51.0 Å². The van der Waals surface area contributed by atoms with Gasteiger partial charge in [-0.1, -0.05) is 47.6 Å². The van der Waals surface area contributed by atoms with Crippen LogP contribution in [0.25, 0.3) is 11.3 Å². The highest BCUT2D eigenvalue weighted by atomic mass is 16.5. The van der Waals surface area contributed by atoms with Crippen molar-refractivity contribution in [3.05, 3.63) is 90.7 Å². The van der Waals surface area contributed by atoms with Crippen LogP contribution in [0.2, 0.25) is 0 Å². The fourth-order valence-corrected chi connectivity index (χ4v) is 4.65. The number of aryl methyl sites for hydroxylation is 1. The van der Waals surface area contributed by atoms with Crippen LogP contribution >= 0.6 is 0 Å². The van der Waals surface area contributed by atoms with Crippen LogP contribution in [0.1, 0.15) is 18.6 Å². The number of ether oxygens (including phenoxy) is 2. The van der Waals surface area contributed by atoms with Gasteiger partial charge in [0.05, 0.1) is 12.8 Å². The molecule has 0 bridgehead atoms. The minimum Gasteiger partial charge on any atom is -0.495 e. The number of rotatable bonds is 10. The number of anilines is 1. The van der Waals surface area contributed by atoms with E-state index in [4.69, 9.17) is 14.0 Å². The molecule has 5 rings (SSSR count). The van der Waals surface area contributed by atoms with Crippen molar-refractivity contribution in [2.24, 2.45) is 0 Å². The van der Waals surface area contributed by atoms with Crippen LogP contribution in [0.15, 0.2) is 89.5 Å². The molecule has 0 unspecified atom stereocenters. The Morgan fingerprint density at radius 3 is 2.42 bits per heavy atom. The van der Waals surface area contributed by atoms with E-state index in [1.807, 2.05) is 72.8 Å². The van der Waals surface area contributed by atoms with Gasteiger partial charge in [0.1, 0.15) is 28.7 Å². The number of nitrogens with zero attached hydrogens (tertiary/aromatic N) is 3. The van der Waals surface area contributed by atoms with Crippen LogP contribution in [-0.4, -0.2) is 49.9 Å². The first-order chi connectivity index (χ1) is 17.8. The third-order valence-electron chi connectivity index (χ3n) is 6.61. The summed E-state index contributed by atoms with van der Waals surface area (Å²) in [6.45, 7) is 5.31. The van der Waals surface area contributed by atoms with E-state index in [9.17, 15) is 0 Å². The SMILES string of the molecule is COc1ccccc1N1CCN(CCCCc2cc(-c3cccc(Oc4ccccc4)c3)no2)CC1. The van der Waals surface area contributed by atoms with E-state index in [0.717, 1.165) is 86.3 Å². The number of hydrogen-bond acceptors (Lipinski definition) is 6. The molecule has 1 aliphatic heterocycles. The van der Waals surface area contributed by atoms with E-state index in [0.29, 0.717) is 0 Å². The van der Waals surface area contributed by atoms with Crippen molar-refractivity contribution < 1.29 is 14.0 Å². The molecule has 6 heteroatoms. The highest BCUT2D eigenvalue weighted by Gasteiger charge is 2.19. The van der Waals surface area contributed by atoms with Gasteiger partial charge in [0.15, 0.2) is 0 Å². The third-order valence-corrected chi connectivity index (χ3v) is 6.61. The lowest BCUT2D eigenvalue weighted by Crippen LogP contribution is -2.46. The van der Waals surface area contributed by atoms with Crippen molar-refractivity contribution in [1.82, 2.24) is 10.1 Å². The van der Waals surface area contributed by atoms with Gasteiger partial charge in [-0.15, -0.1) is 0 Å². The Labute approximate surface area is 213 Å². The number of benzene rings is 3. The van der Waals surface area contributed by atoms with Crippen LogP contribution in [0.3, 0.4) is 0 Å². The van der Waals surface area contributed by atoms with Crippen molar-refractivity contribution in [3.63, 3.8) is 0 Å². The quantitative estimate of drug-likeness (QED) is 0.247.